The van der Waals surface area contributed by atoms with Gasteiger partial charge in [-0.15, -0.1) is 11.3 Å². The summed E-state index contributed by atoms with van der Waals surface area (Å²) in [7, 11) is 0. The molecule has 0 aliphatic heterocycles. The van der Waals surface area contributed by atoms with Crippen LogP contribution in [0.25, 0.3) is 0 Å². The molecule has 0 unspecified atom stereocenters. The first kappa shape index (κ1) is 14.7. The van der Waals surface area contributed by atoms with Crippen molar-refractivity contribution in [1.29, 1.82) is 0 Å². The first-order valence-corrected chi connectivity index (χ1v) is 6.89. The van der Waals surface area contributed by atoms with E-state index >= 15 is 0 Å². The molecule has 1 heterocycles. The molecule has 1 aromatic heterocycles. The Bertz CT molecular complexity index is 667. The van der Waals surface area contributed by atoms with Crippen LogP contribution in [0.5, 0.6) is 0 Å². The fourth-order valence-corrected chi connectivity index (χ4v) is 2.23. The second-order valence-corrected chi connectivity index (χ2v) is 5.04. The molecule has 3 N–H and O–H groups in total. The van der Waals surface area contributed by atoms with Crippen molar-refractivity contribution in [2.45, 2.75) is 0 Å². The van der Waals surface area contributed by atoms with Crippen LogP contribution in [0, 0.1) is 0 Å². The maximum atomic E-state index is 11.7. The van der Waals surface area contributed by atoms with Gasteiger partial charge in [0.2, 0.25) is 5.91 Å². The number of rotatable bonds is 5. The number of carboxylic acids is 1. The average Bonchev–Trinajstić information content (AvgIpc) is 2.99. The summed E-state index contributed by atoms with van der Waals surface area (Å²) in [6.07, 6.45) is 0. The van der Waals surface area contributed by atoms with Gasteiger partial charge in [0.15, 0.2) is 0 Å². The molecule has 2 rings (SSSR count). The molecule has 0 saturated carbocycles. The molecule has 7 heteroatoms. The topological polar surface area (TPSA) is 95.5 Å². The molecular weight excluding hydrogens is 292 g/mol. The molecule has 2 aromatic rings. The number of hydrogen-bond donors (Lipinski definition) is 3. The molecule has 0 aliphatic carbocycles. The second-order valence-electron chi connectivity index (χ2n) is 4.09. The van der Waals surface area contributed by atoms with Crippen molar-refractivity contribution >= 4 is 34.8 Å². The van der Waals surface area contributed by atoms with Gasteiger partial charge < -0.3 is 15.7 Å². The Labute approximate surface area is 124 Å². The highest BCUT2D eigenvalue weighted by molar-refractivity contribution is 7.12. The number of thiophene rings is 1. The molecule has 0 spiro atoms. The van der Waals surface area contributed by atoms with E-state index in [2.05, 4.69) is 10.6 Å². The number of carbonyl (C=O) groups excluding carboxylic acids is 2. The van der Waals surface area contributed by atoms with Gasteiger partial charge in [-0.1, -0.05) is 12.1 Å². The molecule has 0 saturated heterocycles. The second kappa shape index (κ2) is 6.67. The molecule has 1 aromatic carbocycles. The summed E-state index contributed by atoms with van der Waals surface area (Å²) in [4.78, 5) is 34.7. The number of benzene rings is 1. The van der Waals surface area contributed by atoms with Gasteiger partial charge in [0.25, 0.3) is 5.91 Å². The highest BCUT2D eigenvalue weighted by Gasteiger charge is 2.09. The van der Waals surface area contributed by atoms with E-state index in [0.29, 0.717) is 10.6 Å². The zero-order valence-electron chi connectivity index (χ0n) is 10.8. The van der Waals surface area contributed by atoms with Crippen LogP contribution >= 0.6 is 11.3 Å². The summed E-state index contributed by atoms with van der Waals surface area (Å²) in [5, 5.41) is 15.6. The minimum Gasteiger partial charge on any atom is -0.478 e. The van der Waals surface area contributed by atoms with Gasteiger partial charge in [0.1, 0.15) is 0 Å². The van der Waals surface area contributed by atoms with Gasteiger partial charge in [-0.25, -0.2) is 4.79 Å². The first-order chi connectivity index (χ1) is 10.1. The number of hydrogen-bond acceptors (Lipinski definition) is 4. The summed E-state index contributed by atoms with van der Waals surface area (Å²) in [5.74, 6) is -1.82. The van der Waals surface area contributed by atoms with Gasteiger partial charge >= 0.3 is 5.97 Å². The van der Waals surface area contributed by atoms with Crippen LogP contribution in [0.4, 0.5) is 5.69 Å². The zero-order valence-corrected chi connectivity index (χ0v) is 11.6. The van der Waals surface area contributed by atoms with E-state index in [1.165, 1.54) is 29.5 Å². The fraction of sp³-hybridized carbons (Fsp3) is 0.0714. The van der Waals surface area contributed by atoms with Gasteiger partial charge in [-0.2, -0.15) is 0 Å². The lowest BCUT2D eigenvalue weighted by Gasteiger charge is -2.07. The minimum atomic E-state index is -1.07. The molecule has 0 aliphatic rings. The summed E-state index contributed by atoms with van der Waals surface area (Å²) < 4.78 is 0. The van der Waals surface area contributed by atoms with E-state index < -0.39 is 11.9 Å². The van der Waals surface area contributed by atoms with Gasteiger partial charge in [-0.05, 0) is 29.6 Å². The molecule has 6 nitrogen and oxygen atoms in total. The van der Waals surface area contributed by atoms with E-state index in [4.69, 9.17) is 5.11 Å². The Morgan fingerprint density at radius 2 is 1.95 bits per heavy atom. The fourth-order valence-electron chi connectivity index (χ4n) is 1.59. The van der Waals surface area contributed by atoms with Gasteiger partial charge in [-0.3, -0.25) is 9.59 Å². The van der Waals surface area contributed by atoms with E-state index in [1.807, 2.05) is 0 Å². The molecular formula is C14H12N2O4S. The van der Waals surface area contributed by atoms with Gasteiger partial charge in [0, 0.05) is 5.69 Å². The Balaban J connectivity index is 1.89. The minimum absolute atomic E-state index is 0.0791. The smallest absolute Gasteiger partial charge is 0.335 e. The van der Waals surface area contributed by atoms with Crippen LogP contribution in [0.15, 0.2) is 41.8 Å². The maximum Gasteiger partial charge on any atom is 0.335 e. The number of nitrogens with one attached hydrogen (secondary N) is 2. The molecule has 21 heavy (non-hydrogen) atoms. The monoisotopic (exact) mass is 304 g/mol. The van der Waals surface area contributed by atoms with Crippen LogP contribution < -0.4 is 10.6 Å². The lowest BCUT2D eigenvalue weighted by Crippen LogP contribution is -2.32. The molecule has 0 fully saturated rings. The van der Waals surface area contributed by atoms with Crippen molar-refractivity contribution in [3.8, 4) is 0 Å². The number of amides is 2. The van der Waals surface area contributed by atoms with Crippen molar-refractivity contribution in [2.24, 2.45) is 0 Å². The van der Waals surface area contributed by atoms with Gasteiger partial charge in [0.05, 0.1) is 17.0 Å². The highest BCUT2D eigenvalue weighted by atomic mass is 32.1. The summed E-state index contributed by atoms with van der Waals surface area (Å²) in [6.45, 7) is -0.186. The van der Waals surface area contributed by atoms with E-state index in [1.54, 1.807) is 23.6 Å². The SMILES string of the molecule is O=C(CNC(=O)c1cccs1)Nc1cccc(C(=O)O)c1. The van der Waals surface area contributed by atoms with Crippen LogP contribution in [0.2, 0.25) is 0 Å². The van der Waals surface area contributed by atoms with E-state index in [9.17, 15) is 14.4 Å². The van der Waals surface area contributed by atoms with Crippen LogP contribution in [0.3, 0.4) is 0 Å². The van der Waals surface area contributed by atoms with Crippen molar-refractivity contribution in [3.05, 3.63) is 52.2 Å². The molecule has 2 amide bonds. The normalized spacial score (nSPS) is 9.90. The Kier molecular flexibility index (Phi) is 4.68. The summed E-state index contributed by atoms with van der Waals surface area (Å²) >= 11 is 1.28. The Morgan fingerprint density at radius 1 is 1.14 bits per heavy atom. The maximum absolute atomic E-state index is 11.7. The van der Waals surface area contributed by atoms with Crippen LogP contribution in [0.1, 0.15) is 20.0 Å². The van der Waals surface area contributed by atoms with Crippen molar-refractivity contribution in [2.75, 3.05) is 11.9 Å². The predicted octanol–water partition coefficient (Wildman–Crippen LogP) is 1.81. The summed E-state index contributed by atoms with van der Waals surface area (Å²) in [5.41, 5.74) is 0.445. The third-order valence-corrected chi connectivity index (χ3v) is 3.42. The number of aromatic carboxylic acids is 1. The third kappa shape index (κ3) is 4.15. The van der Waals surface area contributed by atoms with Crippen LogP contribution in [-0.4, -0.2) is 29.4 Å². The van der Waals surface area contributed by atoms with Crippen molar-refractivity contribution in [3.63, 3.8) is 0 Å². The summed E-state index contributed by atoms with van der Waals surface area (Å²) in [6, 6.07) is 9.29. The number of carboxylic acid groups (broad SMARTS) is 1. The first-order valence-electron chi connectivity index (χ1n) is 6.01. The average molecular weight is 304 g/mol. The molecule has 0 atom stereocenters. The van der Waals surface area contributed by atoms with Crippen LogP contribution in [-0.2, 0) is 4.79 Å². The Morgan fingerprint density at radius 3 is 2.62 bits per heavy atom. The molecule has 108 valence electrons. The predicted molar refractivity (Wildman–Crippen MR) is 78.7 cm³/mol. The van der Waals surface area contributed by atoms with E-state index in [0.717, 1.165) is 0 Å². The van der Waals surface area contributed by atoms with E-state index in [-0.39, 0.29) is 18.0 Å². The number of carbonyl (C=O) groups is 3. The Hall–Kier alpha value is -2.67. The highest BCUT2D eigenvalue weighted by Crippen LogP contribution is 2.10. The standard InChI is InChI=1S/C14H12N2O4S/c17-12(8-15-13(18)11-5-2-6-21-11)16-10-4-1-3-9(7-10)14(19)20/h1-7H,8H2,(H,15,18)(H,16,17)(H,19,20). The largest absolute Gasteiger partial charge is 0.478 e. The number of anilines is 1. The molecule has 0 bridgehead atoms. The lowest BCUT2D eigenvalue weighted by molar-refractivity contribution is -0.115. The van der Waals surface area contributed by atoms with Crippen molar-refractivity contribution < 1.29 is 19.5 Å². The zero-order chi connectivity index (χ0) is 15.2. The molecule has 0 radical (unpaired) electrons. The van der Waals surface area contributed by atoms with Crippen molar-refractivity contribution in [1.82, 2.24) is 5.32 Å². The lowest BCUT2D eigenvalue weighted by atomic mass is 10.2. The third-order valence-electron chi connectivity index (χ3n) is 2.55. The quantitative estimate of drug-likeness (QED) is 0.785.